The molecule has 0 aliphatic carbocycles. The Balaban J connectivity index is 0.00000113. The smallest absolute Gasteiger partial charge is 0.227 e. The minimum Gasteiger partial charge on any atom is -0.440 e. The average molecular weight is 407 g/mol. The lowest BCUT2D eigenvalue weighted by Crippen LogP contribution is -2.42. The molecule has 2 fully saturated rings. The van der Waals surface area contributed by atoms with Crippen LogP contribution in [0.2, 0.25) is 5.02 Å². The maximum atomic E-state index is 12.5. The van der Waals surface area contributed by atoms with Crippen LogP contribution in [0.4, 0.5) is 0 Å². The fourth-order valence-corrected chi connectivity index (χ4v) is 3.73. The molecule has 1 unspecified atom stereocenters. The van der Waals surface area contributed by atoms with Gasteiger partial charge in [0.15, 0.2) is 11.5 Å². The number of carbonyl (C=O) groups excluding carboxylic acids is 1. The fourth-order valence-electron chi connectivity index (χ4n) is 3.56. The number of rotatable bonds is 2. The summed E-state index contributed by atoms with van der Waals surface area (Å²) in [5, 5.41) is 3.93. The molecule has 1 amide bonds. The number of nitrogens with one attached hydrogen (secondary N) is 1. The number of likely N-dealkylation sites (tertiary alicyclic amines) is 1. The van der Waals surface area contributed by atoms with Gasteiger partial charge in [-0.1, -0.05) is 11.6 Å². The van der Waals surface area contributed by atoms with Gasteiger partial charge in [0.25, 0.3) is 0 Å². The standard InChI is InChI=1S/C17H20ClN3O2.2ClH/c18-13-1-2-15-14(9-13)20-16(23-15)11-4-7-21(8-5-11)17(22)12-3-6-19-10-12;;/h1-2,9,11-12,19H,3-8,10H2;2*1H. The van der Waals surface area contributed by atoms with Gasteiger partial charge in [-0.3, -0.25) is 4.79 Å². The summed E-state index contributed by atoms with van der Waals surface area (Å²) in [4.78, 5) is 19.0. The van der Waals surface area contributed by atoms with Gasteiger partial charge in [0.1, 0.15) is 5.52 Å². The Labute approximate surface area is 164 Å². The molecule has 1 aromatic heterocycles. The molecule has 8 heteroatoms. The third-order valence-electron chi connectivity index (χ3n) is 4.93. The van der Waals surface area contributed by atoms with E-state index in [2.05, 4.69) is 10.3 Å². The summed E-state index contributed by atoms with van der Waals surface area (Å²) in [5.74, 6) is 1.53. The number of piperidine rings is 1. The first kappa shape index (κ1) is 20.3. The molecule has 2 aromatic rings. The quantitative estimate of drug-likeness (QED) is 0.827. The van der Waals surface area contributed by atoms with Crippen molar-refractivity contribution in [3.05, 3.63) is 29.1 Å². The molecule has 1 N–H and O–H groups in total. The van der Waals surface area contributed by atoms with Crippen LogP contribution in [0.1, 0.15) is 31.1 Å². The van der Waals surface area contributed by atoms with Crippen molar-refractivity contribution < 1.29 is 9.21 Å². The normalized spacial score (nSPS) is 21.0. The summed E-state index contributed by atoms with van der Waals surface area (Å²) in [6.07, 6.45) is 2.78. The highest BCUT2D eigenvalue weighted by molar-refractivity contribution is 6.31. The topological polar surface area (TPSA) is 58.4 Å². The maximum absolute atomic E-state index is 12.5. The van der Waals surface area contributed by atoms with Gasteiger partial charge in [-0.2, -0.15) is 0 Å². The van der Waals surface area contributed by atoms with Crippen molar-refractivity contribution in [2.75, 3.05) is 26.2 Å². The van der Waals surface area contributed by atoms with Gasteiger partial charge in [0.05, 0.1) is 5.92 Å². The molecule has 0 spiro atoms. The molecule has 1 aromatic carbocycles. The lowest BCUT2D eigenvalue weighted by molar-refractivity contribution is -0.136. The lowest BCUT2D eigenvalue weighted by Gasteiger charge is -2.32. The Hall–Kier alpha value is -1.01. The fraction of sp³-hybridized carbons (Fsp3) is 0.529. The van der Waals surface area contributed by atoms with E-state index in [9.17, 15) is 4.79 Å². The third kappa shape index (κ3) is 4.22. The first-order valence-corrected chi connectivity index (χ1v) is 8.64. The van der Waals surface area contributed by atoms with E-state index < -0.39 is 0 Å². The van der Waals surface area contributed by atoms with Crippen molar-refractivity contribution in [3.63, 3.8) is 0 Å². The summed E-state index contributed by atoms with van der Waals surface area (Å²) in [6.45, 7) is 3.36. The van der Waals surface area contributed by atoms with Crippen LogP contribution in [0.3, 0.4) is 0 Å². The van der Waals surface area contributed by atoms with Crippen molar-refractivity contribution >= 4 is 53.4 Å². The van der Waals surface area contributed by atoms with Crippen molar-refractivity contribution in [3.8, 4) is 0 Å². The van der Waals surface area contributed by atoms with Crippen molar-refractivity contribution in [1.82, 2.24) is 15.2 Å². The van der Waals surface area contributed by atoms with E-state index in [0.29, 0.717) is 10.9 Å². The molecule has 0 radical (unpaired) electrons. The molecular weight excluding hydrogens is 385 g/mol. The van der Waals surface area contributed by atoms with Gasteiger partial charge in [0.2, 0.25) is 5.91 Å². The number of carbonyl (C=O) groups is 1. The Bertz CT molecular complexity index is 723. The molecule has 3 heterocycles. The van der Waals surface area contributed by atoms with Gasteiger partial charge in [-0.25, -0.2) is 4.98 Å². The number of benzene rings is 1. The monoisotopic (exact) mass is 405 g/mol. The second-order valence-corrected chi connectivity index (χ2v) is 6.89. The molecule has 138 valence electrons. The Morgan fingerprint density at radius 3 is 2.68 bits per heavy atom. The van der Waals surface area contributed by atoms with Crippen LogP contribution in [0, 0.1) is 5.92 Å². The number of aromatic nitrogens is 1. The van der Waals surface area contributed by atoms with Crippen molar-refractivity contribution in [1.29, 1.82) is 0 Å². The number of hydrogen-bond acceptors (Lipinski definition) is 4. The SMILES string of the molecule is Cl.Cl.O=C(C1CCNC1)N1CCC(c2nc3cc(Cl)ccc3o2)CC1. The molecule has 0 saturated carbocycles. The predicted molar refractivity (Wildman–Crippen MR) is 103 cm³/mol. The average Bonchev–Trinajstić information content (AvgIpc) is 3.23. The molecule has 5 nitrogen and oxygen atoms in total. The molecule has 2 saturated heterocycles. The molecule has 1 atom stereocenters. The molecule has 4 rings (SSSR count). The highest BCUT2D eigenvalue weighted by atomic mass is 35.5. The van der Waals surface area contributed by atoms with E-state index in [4.69, 9.17) is 16.0 Å². The van der Waals surface area contributed by atoms with Crippen molar-refractivity contribution in [2.45, 2.75) is 25.2 Å². The third-order valence-corrected chi connectivity index (χ3v) is 5.17. The van der Waals surface area contributed by atoms with E-state index >= 15 is 0 Å². The van der Waals surface area contributed by atoms with E-state index in [1.54, 1.807) is 0 Å². The number of amides is 1. The van der Waals surface area contributed by atoms with E-state index in [0.717, 1.165) is 62.4 Å². The zero-order valence-electron chi connectivity index (χ0n) is 13.7. The lowest BCUT2D eigenvalue weighted by atomic mass is 9.95. The summed E-state index contributed by atoms with van der Waals surface area (Å²) in [5.41, 5.74) is 1.59. The van der Waals surface area contributed by atoms with Crippen LogP contribution in [0.25, 0.3) is 11.1 Å². The largest absolute Gasteiger partial charge is 0.440 e. The number of halogens is 3. The van der Waals surface area contributed by atoms with Crippen LogP contribution in [0.15, 0.2) is 22.6 Å². The number of nitrogens with zero attached hydrogens (tertiary/aromatic N) is 2. The zero-order chi connectivity index (χ0) is 15.8. The first-order valence-electron chi connectivity index (χ1n) is 8.26. The Kier molecular flexibility index (Phi) is 6.97. The van der Waals surface area contributed by atoms with Gasteiger partial charge in [-0.15, -0.1) is 24.8 Å². The van der Waals surface area contributed by atoms with Crippen molar-refractivity contribution in [2.24, 2.45) is 5.92 Å². The van der Waals surface area contributed by atoms with E-state index in [1.807, 2.05) is 23.1 Å². The number of fused-ring (bicyclic) bond motifs is 1. The first-order chi connectivity index (χ1) is 11.2. The second-order valence-electron chi connectivity index (χ2n) is 6.45. The van der Waals surface area contributed by atoms with Crippen LogP contribution < -0.4 is 5.32 Å². The minimum atomic E-state index is 0. The predicted octanol–water partition coefficient (Wildman–Crippen LogP) is 3.64. The van der Waals surface area contributed by atoms with Gasteiger partial charge >= 0.3 is 0 Å². The maximum Gasteiger partial charge on any atom is 0.227 e. The highest BCUT2D eigenvalue weighted by Gasteiger charge is 2.31. The summed E-state index contributed by atoms with van der Waals surface area (Å²) < 4.78 is 5.87. The Morgan fingerprint density at radius 2 is 2.00 bits per heavy atom. The van der Waals surface area contributed by atoms with E-state index in [-0.39, 0.29) is 36.6 Å². The molecule has 2 aliphatic rings. The van der Waals surface area contributed by atoms with Gasteiger partial charge < -0.3 is 14.6 Å². The number of hydrogen-bond donors (Lipinski definition) is 1. The molecular formula is C17H22Cl3N3O2. The molecule has 25 heavy (non-hydrogen) atoms. The molecule has 2 aliphatic heterocycles. The Morgan fingerprint density at radius 1 is 1.24 bits per heavy atom. The number of oxazole rings is 1. The summed E-state index contributed by atoms with van der Waals surface area (Å²) in [7, 11) is 0. The molecule has 0 bridgehead atoms. The van der Waals surface area contributed by atoms with Gasteiger partial charge in [0, 0.05) is 30.6 Å². The van der Waals surface area contributed by atoms with E-state index in [1.165, 1.54) is 0 Å². The van der Waals surface area contributed by atoms with Crippen LogP contribution in [0.5, 0.6) is 0 Å². The van der Waals surface area contributed by atoms with Crippen LogP contribution >= 0.6 is 36.4 Å². The minimum absolute atomic E-state index is 0. The van der Waals surface area contributed by atoms with Gasteiger partial charge in [-0.05, 0) is 44.0 Å². The second kappa shape index (κ2) is 8.58. The summed E-state index contributed by atoms with van der Waals surface area (Å²) in [6, 6.07) is 5.51. The van der Waals surface area contributed by atoms with Crippen LogP contribution in [-0.4, -0.2) is 42.0 Å². The summed E-state index contributed by atoms with van der Waals surface area (Å²) >= 11 is 6.00. The van der Waals surface area contributed by atoms with Crippen LogP contribution in [-0.2, 0) is 4.79 Å². The highest BCUT2D eigenvalue weighted by Crippen LogP contribution is 2.31. The zero-order valence-corrected chi connectivity index (χ0v) is 16.1.